The van der Waals surface area contributed by atoms with E-state index < -0.39 is 5.97 Å². The second-order valence-electron chi connectivity index (χ2n) is 7.04. The van der Waals surface area contributed by atoms with Gasteiger partial charge in [-0.3, -0.25) is 4.79 Å². The molecule has 1 N–H and O–H groups in total. The second-order valence-corrected chi connectivity index (χ2v) is 7.04. The molecule has 0 radical (unpaired) electrons. The highest BCUT2D eigenvalue weighted by Crippen LogP contribution is 2.25. The largest absolute Gasteiger partial charge is 0.478 e. The molecule has 1 amide bonds. The van der Waals surface area contributed by atoms with Crippen LogP contribution in [0.1, 0.15) is 20.7 Å². The van der Waals surface area contributed by atoms with Crippen molar-refractivity contribution in [3.05, 3.63) is 90.0 Å². The number of ether oxygens (including phenoxy) is 1. The van der Waals surface area contributed by atoms with E-state index in [4.69, 9.17) is 4.74 Å². The van der Waals surface area contributed by atoms with Crippen molar-refractivity contribution < 1.29 is 19.4 Å². The van der Waals surface area contributed by atoms with Crippen molar-refractivity contribution in [2.45, 2.75) is 0 Å². The first-order valence-electron chi connectivity index (χ1n) is 9.81. The summed E-state index contributed by atoms with van der Waals surface area (Å²) in [5.41, 5.74) is 1.34. The lowest BCUT2D eigenvalue weighted by Crippen LogP contribution is -2.49. The van der Waals surface area contributed by atoms with Gasteiger partial charge in [0.2, 0.25) is 0 Å². The number of benzene rings is 3. The van der Waals surface area contributed by atoms with Gasteiger partial charge >= 0.3 is 5.97 Å². The van der Waals surface area contributed by atoms with Crippen molar-refractivity contribution >= 4 is 17.6 Å². The summed E-state index contributed by atoms with van der Waals surface area (Å²) in [7, 11) is 0. The Morgan fingerprint density at radius 2 is 1.27 bits per heavy atom. The summed E-state index contributed by atoms with van der Waals surface area (Å²) in [5.74, 6) is 0.234. The SMILES string of the molecule is O=C(O)c1ccccc1C(=O)N1CCN(c2ccc(Oc3ccccc3)cc2)CC1. The van der Waals surface area contributed by atoms with E-state index in [1.807, 2.05) is 54.6 Å². The molecule has 6 nitrogen and oxygen atoms in total. The van der Waals surface area contributed by atoms with Crippen molar-refractivity contribution in [1.29, 1.82) is 0 Å². The van der Waals surface area contributed by atoms with Gasteiger partial charge in [0.05, 0.1) is 11.1 Å². The van der Waals surface area contributed by atoms with Gasteiger partial charge in [-0.05, 0) is 48.5 Å². The number of anilines is 1. The van der Waals surface area contributed by atoms with Gasteiger partial charge in [-0.1, -0.05) is 30.3 Å². The van der Waals surface area contributed by atoms with Gasteiger partial charge in [-0.2, -0.15) is 0 Å². The Kier molecular flexibility index (Phi) is 5.66. The lowest BCUT2D eigenvalue weighted by molar-refractivity contribution is 0.0673. The van der Waals surface area contributed by atoms with Crippen molar-refractivity contribution in [3.63, 3.8) is 0 Å². The molecule has 4 rings (SSSR count). The fourth-order valence-electron chi connectivity index (χ4n) is 3.54. The number of para-hydroxylation sites is 1. The molecule has 0 atom stereocenters. The zero-order chi connectivity index (χ0) is 20.9. The molecule has 1 heterocycles. The first-order chi connectivity index (χ1) is 14.6. The third-order valence-electron chi connectivity index (χ3n) is 5.14. The van der Waals surface area contributed by atoms with E-state index in [1.165, 1.54) is 6.07 Å². The Balaban J connectivity index is 1.38. The normalized spacial score (nSPS) is 13.7. The van der Waals surface area contributed by atoms with E-state index in [9.17, 15) is 14.7 Å². The summed E-state index contributed by atoms with van der Waals surface area (Å²) in [4.78, 5) is 28.1. The Hall–Kier alpha value is -3.80. The summed E-state index contributed by atoms with van der Waals surface area (Å²) >= 11 is 0. The van der Waals surface area contributed by atoms with Crippen molar-refractivity contribution in [2.75, 3.05) is 31.1 Å². The van der Waals surface area contributed by atoms with Crippen LogP contribution in [-0.4, -0.2) is 48.1 Å². The van der Waals surface area contributed by atoms with E-state index in [0.29, 0.717) is 26.2 Å². The van der Waals surface area contributed by atoms with Crippen LogP contribution in [0.2, 0.25) is 0 Å². The third-order valence-corrected chi connectivity index (χ3v) is 5.14. The topological polar surface area (TPSA) is 70.1 Å². The Labute approximate surface area is 174 Å². The highest BCUT2D eigenvalue weighted by atomic mass is 16.5. The number of nitrogens with zero attached hydrogens (tertiary/aromatic N) is 2. The first-order valence-corrected chi connectivity index (χ1v) is 9.81. The molecule has 3 aromatic rings. The number of carbonyl (C=O) groups excluding carboxylic acids is 1. The van der Waals surface area contributed by atoms with Crippen LogP contribution in [0.3, 0.4) is 0 Å². The van der Waals surface area contributed by atoms with Crippen LogP contribution in [0, 0.1) is 0 Å². The minimum absolute atomic E-state index is 0.0407. The fourth-order valence-corrected chi connectivity index (χ4v) is 3.54. The highest BCUT2D eigenvalue weighted by Gasteiger charge is 2.25. The van der Waals surface area contributed by atoms with Crippen LogP contribution < -0.4 is 9.64 Å². The molecule has 1 saturated heterocycles. The zero-order valence-corrected chi connectivity index (χ0v) is 16.4. The molecule has 1 aliphatic rings. The summed E-state index contributed by atoms with van der Waals surface area (Å²) in [6.45, 7) is 2.43. The molecule has 0 spiro atoms. The molecular weight excluding hydrogens is 380 g/mol. The van der Waals surface area contributed by atoms with Gasteiger partial charge in [-0.15, -0.1) is 0 Å². The third kappa shape index (κ3) is 4.27. The summed E-state index contributed by atoms with van der Waals surface area (Å²) < 4.78 is 5.83. The van der Waals surface area contributed by atoms with E-state index in [0.717, 1.165) is 17.2 Å². The number of hydrogen-bond donors (Lipinski definition) is 1. The minimum atomic E-state index is -1.09. The number of rotatable bonds is 5. The van der Waals surface area contributed by atoms with Crippen molar-refractivity contribution in [2.24, 2.45) is 0 Å². The van der Waals surface area contributed by atoms with E-state index in [-0.39, 0.29) is 17.0 Å². The number of carbonyl (C=O) groups is 2. The van der Waals surface area contributed by atoms with Gasteiger partial charge in [0.15, 0.2) is 0 Å². The number of carboxylic acid groups (broad SMARTS) is 1. The molecule has 0 bridgehead atoms. The van der Waals surface area contributed by atoms with Crippen LogP contribution >= 0.6 is 0 Å². The van der Waals surface area contributed by atoms with E-state index in [1.54, 1.807) is 23.1 Å². The maximum atomic E-state index is 12.8. The Bertz CT molecular complexity index is 1030. The zero-order valence-electron chi connectivity index (χ0n) is 16.4. The molecule has 0 aliphatic carbocycles. The maximum Gasteiger partial charge on any atom is 0.336 e. The molecule has 6 heteroatoms. The first kappa shape index (κ1) is 19.5. The number of amides is 1. The number of carboxylic acids is 1. The molecule has 0 unspecified atom stereocenters. The van der Waals surface area contributed by atoms with Crippen LogP contribution in [0.15, 0.2) is 78.9 Å². The predicted octanol–water partition coefficient (Wildman–Crippen LogP) is 4.14. The lowest BCUT2D eigenvalue weighted by Gasteiger charge is -2.36. The molecule has 3 aromatic carbocycles. The molecule has 0 aromatic heterocycles. The fraction of sp³-hybridized carbons (Fsp3) is 0.167. The lowest BCUT2D eigenvalue weighted by atomic mass is 10.1. The number of hydrogen-bond acceptors (Lipinski definition) is 4. The molecule has 152 valence electrons. The molecule has 1 fully saturated rings. The van der Waals surface area contributed by atoms with Crippen LogP contribution in [0.4, 0.5) is 5.69 Å². The Morgan fingerprint density at radius 1 is 0.700 bits per heavy atom. The molecular formula is C24H22N2O4. The summed E-state index contributed by atoms with van der Waals surface area (Å²) in [5, 5.41) is 9.33. The van der Waals surface area contributed by atoms with Crippen LogP contribution in [0.5, 0.6) is 11.5 Å². The molecule has 1 aliphatic heterocycles. The van der Waals surface area contributed by atoms with Gasteiger partial charge in [-0.25, -0.2) is 4.79 Å². The van der Waals surface area contributed by atoms with Crippen molar-refractivity contribution in [1.82, 2.24) is 4.90 Å². The van der Waals surface area contributed by atoms with E-state index >= 15 is 0 Å². The predicted molar refractivity (Wildman–Crippen MR) is 114 cm³/mol. The summed E-state index contributed by atoms with van der Waals surface area (Å²) in [6.07, 6.45) is 0. The highest BCUT2D eigenvalue weighted by molar-refractivity contribution is 6.04. The minimum Gasteiger partial charge on any atom is -0.478 e. The number of aromatic carboxylic acids is 1. The average Bonchev–Trinajstić information content (AvgIpc) is 2.80. The van der Waals surface area contributed by atoms with E-state index in [2.05, 4.69) is 4.90 Å². The second kappa shape index (κ2) is 8.69. The average molecular weight is 402 g/mol. The molecule has 0 saturated carbocycles. The van der Waals surface area contributed by atoms with Gasteiger partial charge in [0.25, 0.3) is 5.91 Å². The van der Waals surface area contributed by atoms with Crippen molar-refractivity contribution in [3.8, 4) is 11.5 Å². The van der Waals surface area contributed by atoms with Crippen LogP contribution in [0.25, 0.3) is 0 Å². The van der Waals surface area contributed by atoms with Gasteiger partial charge in [0.1, 0.15) is 11.5 Å². The maximum absolute atomic E-state index is 12.8. The monoisotopic (exact) mass is 402 g/mol. The smallest absolute Gasteiger partial charge is 0.336 e. The van der Waals surface area contributed by atoms with Gasteiger partial charge < -0.3 is 19.6 Å². The molecule has 30 heavy (non-hydrogen) atoms. The standard InChI is InChI=1S/C24H22N2O4/c27-23(21-8-4-5-9-22(21)24(28)29)26-16-14-25(15-17-26)18-10-12-20(13-11-18)30-19-6-2-1-3-7-19/h1-13H,14-17H2,(H,28,29). The summed E-state index contributed by atoms with van der Waals surface area (Å²) in [6, 6.07) is 23.9. The van der Waals surface area contributed by atoms with Crippen LogP contribution in [-0.2, 0) is 0 Å². The quantitative estimate of drug-likeness (QED) is 0.695. The Morgan fingerprint density at radius 3 is 1.90 bits per heavy atom. The van der Waals surface area contributed by atoms with Gasteiger partial charge in [0, 0.05) is 31.9 Å². The number of piperazine rings is 1.